The van der Waals surface area contributed by atoms with Crippen molar-refractivity contribution in [3.63, 3.8) is 0 Å². The number of nitrogens with zero attached hydrogens (tertiary/aromatic N) is 1. The van der Waals surface area contributed by atoms with E-state index in [9.17, 15) is 5.11 Å². The highest BCUT2D eigenvalue weighted by Gasteiger charge is 2.55. The monoisotopic (exact) mass is 309 g/mol. The lowest BCUT2D eigenvalue weighted by atomic mass is 9.41. The van der Waals surface area contributed by atoms with Gasteiger partial charge in [0, 0.05) is 11.5 Å². The molecule has 4 nitrogen and oxygen atoms in total. The van der Waals surface area contributed by atoms with E-state index < -0.39 is 11.3 Å². The molecule has 0 saturated carbocycles. The molecular formula is C17H21B2NO3. The van der Waals surface area contributed by atoms with E-state index in [0.29, 0.717) is 11.5 Å². The minimum Gasteiger partial charge on any atom is -0.493 e. The summed E-state index contributed by atoms with van der Waals surface area (Å²) in [6.07, 6.45) is 3.77. The van der Waals surface area contributed by atoms with Crippen LogP contribution in [-0.2, 0) is 5.41 Å². The van der Waals surface area contributed by atoms with Gasteiger partial charge in [-0.05, 0) is 37.7 Å². The Kier molecular flexibility index (Phi) is 4.01. The highest BCUT2D eigenvalue weighted by Crippen LogP contribution is 2.53. The van der Waals surface area contributed by atoms with Crippen LogP contribution in [0.25, 0.3) is 0 Å². The first-order valence-corrected chi connectivity index (χ1v) is 7.74. The molecule has 1 aromatic carbocycles. The van der Waals surface area contributed by atoms with Gasteiger partial charge in [-0.2, -0.15) is 0 Å². The van der Waals surface area contributed by atoms with Gasteiger partial charge in [-0.3, -0.25) is 0 Å². The molecule has 0 amide bonds. The maximum atomic E-state index is 10.2. The van der Waals surface area contributed by atoms with Crippen molar-refractivity contribution in [1.82, 2.24) is 4.90 Å². The largest absolute Gasteiger partial charge is 0.493 e. The fourth-order valence-corrected chi connectivity index (χ4v) is 4.14. The maximum Gasteiger partial charge on any atom is 0.161 e. The number of fused-ring (bicyclic) bond motifs is 1. The van der Waals surface area contributed by atoms with Crippen molar-refractivity contribution in [2.45, 2.75) is 29.2 Å². The molecule has 1 aromatic rings. The zero-order valence-electron chi connectivity index (χ0n) is 13.8. The van der Waals surface area contributed by atoms with Gasteiger partial charge in [0.1, 0.15) is 0 Å². The molecule has 3 atom stereocenters. The third kappa shape index (κ3) is 2.31. The number of benzene rings is 1. The van der Waals surface area contributed by atoms with Crippen molar-refractivity contribution in [3.8, 4) is 11.5 Å². The lowest BCUT2D eigenvalue weighted by Gasteiger charge is -2.51. The number of aliphatic hydroxyl groups excluding tert-OH is 1. The second kappa shape index (κ2) is 5.60. The van der Waals surface area contributed by atoms with Gasteiger partial charge in [-0.15, -0.1) is 0 Å². The van der Waals surface area contributed by atoms with E-state index in [0.717, 1.165) is 18.5 Å². The summed E-state index contributed by atoms with van der Waals surface area (Å²) in [5, 5.41) is 9.02. The SMILES string of the molecule is [B]C1([B])C(O)C=C[C@@]2(c3ccc(OC)c(OC)c3)CCN(C)C12. The van der Waals surface area contributed by atoms with Crippen molar-refractivity contribution < 1.29 is 14.6 Å². The molecule has 3 rings (SSSR count). The number of likely N-dealkylation sites (tertiary alicyclic amines) is 1. The van der Waals surface area contributed by atoms with Crippen LogP contribution in [-0.4, -0.2) is 65.7 Å². The highest BCUT2D eigenvalue weighted by molar-refractivity contribution is 6.41. The molecule has 1 heterocycles. The fraction of sp³-hybridized carbons (Fsp3) is 0.529. The maximum absolute atomic E-state index is 10.2. The Labute approximate surface area is 140 Å². The average Bonchev–Trinajstić information content (AvgIpc) is 2.90. The lowest BCUT2D eigenvalue weighted by Crippen LogP contribution is -2.55. The number of methoxy groups -OCH3 is 2. The number of hydrogen-bond acceptors (Lipinski definition) is 4. The van der Waals surface area contributed by atoms with Crippen LogP contribution in [0.15, 0.2) is 30.4 Å². The van der Waals surface area contributed by atoms with Gasteiger partial charge in [-0.1, -0.05) is 23.4 Å². The minimum atomic E-state index is -1.22. The van der Waals surface area contributed by atoms with Gasteiger partial charge in [0.2, 0.25) is 0 Å². The van der Waals surface area contributed by atoms with Crippen LogP contribution >= 0.6 is 0 Å². The van der Waals surface area contributed by atoms with Crippen LogP contribution < -0.4 is 9.47 Å². The molecule has 6 heteroatoms. The van der Waals surface area contributed by atoms with Crippen LogP contribution in [0.1, 0.15) is 12.0 Å². The van der Waals surface area contributed by atoms with E-state index in [2.05, 4.69) is 4.90 Å². The molecule has 2 aliphatic rings. The molecule has 0 bridgehead atoms. The topological polar surface area (TPSA) is 41.9 Å². The van der Waals surface area contributed by atoms with E-state index in [-0.39, 0.29) is 11.5 Å². The molecular weight excluding hydrogens is 288 g/mol. The first-order valence-electron chi connectivity index (χ1n) is 7.74. The summed E-state index contributed by atoms with van der Waals surface area (Å²) in [6.45, 7) is 0.853. The van der Waals surface area contributed by atoms with Gasteiger partial charge in [-0.25, -0.2) is 0 Å². The molecule has 1 N–H and O–H groups in total. The summed E-state index contributed by atoms with van der Waals surface area (Å²) in [4.78, 5) is 2.13. The third-order valence-corrected chi connectivity index (χ3v) is 5.29. The Morgan fingerprint density at radius 3 is 2.57 bits per heavy atom. The zero-order chi connectivity index (χ0) is 16.8. The Balaban J connectivity index is 2.15. The normalized spacial score (nSPS) is 32.5. The number of rotatable bonds is 3. The quantitative estimate of drug-likeness (QED) is 0.669. The summed E-state index contributed by atoms with van der Waals surface area (Å²) in [7, 11) is 17.9. The summed E-state index contributed by atoms with van der Waals surface area (Å²) in [5.74, 6) is 1.36. The molecule has 1 aliphatic heterocycles. The first kappa shape index (κ1) is 16.5. The van der Waals surface area contributed by atoms with Gasteiger partial charge < -0.3 is 19.5 Å². The van der Waals surface area contributed by atoms with Gasteiger partial charge in [0.15, 0.2) is 11.5 Å². The van der Waals surface area contributed by atoms with Crippen LogP contribution in [0.5, 0.6) is 11.5 Å². The van der Waals surface area contributed by atoms with Crippen LogP contribution in [0.4, 0.5) is 0 Å². The van der Waals surface area contributed by atoms with Crippen LogP contribution in [0.2, 0.25) is 5.21 Å². The smallest absolute Gasteiger partial charge is 0.161 e. The molecule has 0 spiro atoms. The third-order valence-electron chi connectivity index (χ3n) is 5.29. The Bertz CT molecular complexity index is 634. The Morgan fingerprint density at radius 2 is 1.91 bits per heavy atom. The molecule has 1 fully saturated rings. The van der Waals surface area contributed by atoms with Crippen molar-refractivity contribution >= 4 is 15.7 Å². The van der Waals surface area contributed by atoms with E-state index in [1.807, 2.05) is 31.3 Å². The first-order chi connectivity index (χ1) is 10.9. The molecule has 23 heavy (non-hydrogen) atoms. The summed E-state index contributed by atoms with van der Waals surface area (Å²) < 4.78 is 10.8. The van der Waals surface area contributed by atoms with Gasteiger partial charge >= 0.3 is 0 Å². The molecule has 4 radical (unpaired) electrons. The van der Waals surface area contributed by atoms with Crippen LogP contribution in [0, 0.1) is 0 Å². The van der Waals surface area contributed by atoms with Crippen molar-refractivity contribution in [3.05, 3.63) is 35.9 Å². The number of ether oxygens (including phenoxy) is 2. The van der Waals surface area contributed by atoms with E-state index in [1.54, 1.807) is 20.3 Å². The predicted molar refractivity (Wildman–Crippen MR) is 91.6 cm³/mol. The van der Waals surface area contributed by atoms with E-state index in [4.69, 9.17) is 25.2 Å². The Morgan fingerprint density at radius 1 is 1.22 bits per heavy atom. The fourth-order valence-electron chi connectivity index (χ4n) is 4.14. The van der Waals surface area contributed by atoms with Gasteiger partial charge in [0.25, 0.3) is 0 Å². The molecule has 118 valence electrons. The van der Waals surface area contributed by atoms with Crippen molar-refractivity contribution in [1.29, 1.82) is 0 Å². The minimum absolute atomic E-state index is 0.201. The second-order valence-electron chi connectivity index (χ2n) is 6.55. The molecule has 0 aromatic heterocycles. The van der Waals surface area contributed by atoms with Crippen molar-refractivity contribution in [2.24, 2.45) is 0 Å². The van der Waals surface area contributed by atoms with Crippen LogP contribution in [0.3, 0.4) is 0 Å². The average molecular weight is 309 g/mol. The lowest BCUT2D eigenvalue weighted by molar-refractivity contribution is 0.119. The number of likely N-dealkylation sites (N-methyl/N-ethyl adjacent to an activating group) is 1. The van der Waals surface area contributed by atoms with Crippen molar-refractivity contribution in [2.75, 3.05) is 27.8 Å². The molecule has 1 saturated heterocycles. The van der Waals surface area contributed by atoms with E-state index in [1.165, 1.54) is 0 Å². The number of aliphatic hydroxyl groups is 1. The van der Waals surface area contributed by atoms with Gasteiger partial charge in [0.05, 0.1) is 36.0 Å². The van der Waals surface area contributed by atoms with E-state index >= 15 is 0 Å². The summed E-state index contributed by atoms with van der Waals surface area (Å²) in [5.41, 5.74) is 0.713. The molecule has 1 aliphatic carbocycles. The summed E-state index contributed by atoms with van der Waals surface area (Å²) in [6, 6.07) is 5.69. The predicted octanol–water partition coefficient (Wildman–Crippen LogP) is 1.03. The zero-order valence-corrected chi connectivity index (χ0v) is 13.8. The molecule has 2 unspecified atom stereocenters. The highest BCUT2D eigenvalue weighted by atomic mass is 16.5. The summed E-state index contributed by atoms with van der Waals surface area (Å²) >= 11 is 0. The number of hydrogen-bond donors (Lipinski definition) is 1. The second-order valence-corrected chi connectivity index (χ2v) is 6.55. The Hall–Kier alpha value is -1.39. The standard InChI is InChI=1S/C17H21B2NO3/c1-20-9-8-16(7-6-14(21)17(18,19)15(16)20)11-4-5-12(22-2)13(10-11)23-3/h4-7,10,14-15,21H,8-9H2,1-3H3/t14?,15?,16-/m0/s1.